The number of allylic oxidation sites excluding steroid dienone is 1. The van der Waals surface area contributed by atoms with E-state index in [2.05, 4.69) is 23.6 Å². The quantitative estimate of drug-likeness (QED) is 0.723. The standard InChI is InChI=1S/C11H13N3/c1-4-8(2)11-9(3)13-10-6-5-7-12-14(10)11/h5-7H,2,4H2,1,3H3. The Labute approximate surface area is 83.1 Å². The molecule has 3 nitrogen and oxygen atoms in total. The molecule has 0 spiro atoms. The fourth-order valence-electron chi connectivity index (χ4n) is 1.57. The summed E-state index contributed by atoms with van der Waals surface area (Å²) in [6.07, 6.45) is 2.69. The van der Waals surface area contributed by atoms with E-state index in [1.165, 1.54) is 0 Å². The van der Waals surface area contributed by atoms with Gasteiger partial charge >= 0.3 is 0 Å². The van der Waals surface area contributed by atoms with Crippen molar-refractivity contribution in [2.45, 2.75) is 20.3 Å². The van der Waals surface area contributed by atoms with Crippen LogP contribution in [0, 0.1) is 6.92 Å². The topological polar surface area (TPSA) is 30.2 Å². The summed E-state index contributed by atoms with van der Waals surface area (Å²) in [6, 6.07) is 3.84. The number of imidazole rings is 1. The van der Waals surface area contributed by atoms with Gasteiger partial charge in [-0.3, -0.25) is 0 Å². The van der Waals surface area contributed by atoms with Crippen molar-refractivity contribution in [2.24, 2.45) is 0 Å². The fourth-order valence-corrected chi connectivity index (χ4v) is 1.57. The van der Waals surface area contributed by atoms with Crippen molar-refractivity contribution in [3.8, 4) is 0 Å². The van der Waals surface area contributed by atoms with E-state index in [0.717, 1.165) is 29.0 Å². The molecule has 0 saturated carbocycles. The van der Waals surface area contributed by atoms with Crippen LogP contribution in [0.25, 0.3) is 11.2 Å². The van der Waals surface area contributed by atoms with Crippen LogP contribution in [0.15, 0.2) is 24.9 Å². The lowest BCUT2D eigenvalue weighted by Gasteiger charge is -2.02. The highest BCUT2D eigenvalue weighted by Crippen LogP contribution is 2.20. The fraction of sp³-hybridized carbons (Fsp3) is 0.273. The normalized spacial score (nSPS) is 10.7. The number of nitrogens with zero attached hydrogens (tertiary/aromatic N) is 3. The Morgan fingerprint density at radius 2 is 2.36 bits per heavy atom. The summed E-state index contributed by atoms with van der Waals surface area (Å²) < 4.78 is 1.85. The summed E-state index contributed by atoms with van der Waals surface area (Å²) in [4.78, 5) is 4.42. The molecule has 0 amide bonds. The molecule has 0 aliphatic rings. The Morgan fingerprint density at radius 3 is 3.07 bits per heavy atom. The van der Waals surface area contributed by atoms with Crippen molar-refractivity contribution in [3.63, 3.8) is 0 Å². The van der Waals surface area contributed by atoms with Gasteiger partial charge in [0.15, 0.2) is 5.65 Å². The Balaban J connectivity index is 2.74. The number of aryl methyl sites for hydroxylation is 1. The van der Waals surface area contributed by atoms with Gasteiger partial charge in [-0.05, 0) is 31.1 Å². The average Bonchev–Trinajstić information content (AvgIpc) is 2.53. The number of hydrogen-bond acceptors (Lipinski definition) is 2. The summed E-state index contributed by atoms with van der Waals surface area (Å²) >= 11 is 0. The molecule has 0 aromatic carbocycles. The van der Waals surface area contributed by atoms with Gasteiger partial charge in [0.1, 0.15) is 0 Å². The number of rotatable bonds is 2. The Morgan fingerprint density at radius 1 is 1.57 bits per heavy atom. The molecule has 2 aromatic heterocycles. The molecule has 0 unspecified atom stereocenters. The first-order valence-corrected chi connectivity index (χ1v) is 4.72. The molecular formula is C11H13N3. The maximum atomic E-state index is 4.42. The van der Waals surface area contributed by atoms with Crippen molar-refractivity contribution in [1.82, 2.24) is 14.6 Å². The SMILES string of the molecule is C=C(CC)c1c(C)nc2cccnn12. The maximum absolute atomic E-state index is 4.42. The molecule has 0 radical (unpaired) electrons. The van der Waals surface area contributed by atoms with Crippen molar-refractivity contribution in [2.75, 3.05) is 0 Å². The van der Waals surface area contributed by atoms with Crippen molar-refractivity contribution >= 4 is 11.2 Å². The highest BCUT2D eigenvalue weighted by atomic mass is 15.3. The van der Waals surface area contributed by atoms with Crippen LogP contribution in [-0.4, -0.2) is 14.6 Å². The average molecular weight is 187 g/mol. The van der Waals surface area contributed by atoms with Gasteiger partial charge in [-0.2, -0.15) is 5.10 Å². The van der Waals surface area contributed by atoms with E-state index in [-0.39, 0.29) is 0 Å². The molecule has 0 aliphatic heterocycles. The minimum absolute atomic E-state index is 0.884. The zero-order chi connectivity index (χ0) is 10.1. The van der Waals surface area contributed by atoms with E-state index < -0.39 is 0 Å². The molecule has 3 heteroatoms. The van der Waals surface area contributed by atoms with Crippen molar-refractivity contribution in [3.05, 3.63) is 36.3 Å². The molecule has 2 aromatic rings. The Bertz CT molecular complexity index is 482. The predicted octanol–water partition coefficient (Wildman–Crippen LogP) is 2.46. The van der Waals surface area contributed by atoms with E-state index in [1.807, 2.05) is 23.6 Å². The lowest BCUT2D eigenvalue weighted by atomic mass is 10.1. The van der Waals surface area contributed by atoms with Crippen LogP contribution >= 0.6 is 0 Å². The molecule has 0 aliphatic carbocycles. The van der Waals surface area contributed by atoms with Crippen LogP contribution in [0.4, 0.5) is 0 Å². The zero-order valence-electron chi connectivity index (χ0n) is 8.49. The smallest absolute Gasteiger partial charge is 0.154 e. The van der Waals surface area contributed by atoms with E-state index in [9.17, 15) is 0 Å². The number of fused-ring (bicyclic) bond motifs is 1. The molecular weight excluding hydrogens is 174 g/mol. The third-order valence-corrected chi connectivity index (χ3v) is 2.33. The van der Waals surface area contributed by atoms with Gasteiger partial charge in [0.2, 0.25) is 0 Å². The third kappa shape index (κ3) is 1.21. The first-order valence-electron chi connectivity index (χ1n) is 4.72. The molecule has 0 N–H and O–H groups in total. The van der Waals surface area contributed by atoms with Gasteiger partial charge in [-0.15, -0.1) is 0 Å². The first kappa shape index (κ1) is 8.94. The van der Waals surface area contributed by atoms with Crippen LogP contribution < -0.4 is 0 Å². The highest BCUT2D eigenvalue weighted by Gasteiger charge is 2.10. The minimum atomic E-state index is 0.884. The molecule has 0 bridgehead atoms. The van der Waals surface area contributed by atoms with Crippen LogP contribution in [0.1, 0.15) is 24.7 Å². The van der Waals surface area contributed by atoms with Crippen LogP contribution in [0.5, 0.6) is 0 Å². The molecule has 2 rings (SSSR count). The van der Waals surface area contributed by atoms with E-state index >= 15 is 0 Å². The van der Waals surface area contributed by atoms with E-state index in [4.69, 9.17) is 0 Å². The molecule has 14 heavy (non-hydrogen) atoms. The lowest BCUT2D eigenvalue weighted by molar-refractivity contribution is 0.912. The predicted molar refractivity (Wildman–Crippen MR) is 57.0 cm³/mol. The number of hydrogen-bond donors (Lipinski definition) is 0. The summed E-state index contributed by atoms with van der Waals surface area (Å²) in [5, 5.41) is 4.26. The summed E-state index contributed by atoms with van der Waals surface area (Å²) in [5.74, 6) is 0. The Hall–Kier alpha value is -1.64. The van der Waals surface area contributed by atoms with Gasteiger partial charge in [-0.1, -0.05) is 13.5 Å². The number of aromatic nitrogens is 3. The van der Waals surface area contributed by atoms with Gasteiger partial charge in [0, 0.05) is 6.20 Å². The monoisotopic (exact) mass is 187 g/mol. The molecule has 2 heterocycles. The van der Waals surface area contributed by atoms with Gasteiger partial charge in [0.25, 0.3) is 0 Å². The second-order valence-electron chi connectivity index (χ2n) is 3.30. The van der Waals surface area contributed by atoms with Crippen LogP contribution in [0.3, 0.4) is 0 Å². The maximum Gasteiger partial charge on any atom is 0.154 e. The highest BCUT2D eigenvalue weighted by molar-refractivity contribution is 5.65. The van der Waals surface area contributed by atoms with Gasteiger partial charge < -0.3 is 0 Å². The Kier molecular flexibility index (Phi) is 2.08. The van der Waals surface area contributed by atoms with E-state index in [0.29, 0.717) is 0 Å². The molecule has 72 valence electrons. The summed E-state index contributed by atoms with van der Waals surface area (Å²) in [6.45, 7) is 8.10. The third-order valence-electron chi connectivity index (χ3n) is 2.33. The lowest BCUT2D eigenvalue weighted by Crippen LogP contribution is -1.96. The zero-order valence-corrected chi connectivity index (χ0v) is 8.49. The van der Waals surface area contributed by atoms with Crippen LogP contribution in [-0.2, 0) is 0 Å². The molecule has 0 fully saturated rings. The summed E-state index contributed by atoms with van der Waals surface area (Å²) in [7, 11) is 0. The second kappa shape index (κ2) is 3.25. The largest absolute Gasteiger partial charge is 0.232 e. The van der Waals surface area contributed by atoms with Crippen molar-refractivity contribution < 1.29 is 0 Å². The summed E-state index contributed by atoms with van der Waals surface area (Å²) in [5.41, 5.74) is 4.00. The van der Waals surface area contributed by atoms with Gasteiger partial charge in [0.05, 0.1) is 11.4 Å². The van der Waals surface area contributed by atoms with Crippen molar-refractivity contribution in [1.29, 1.82) is 0 Å². The second-order valence-corrected chi connectivity index (χ2v) is 3.30. The molecule has 0 saturated heterocycles. The minimum Gasteiger partial charge on any atom is -0.232 e. The van der Waals surface area contributed by atoms with E-state index in [1.54, 1.807) is 6.20 Å². The van der Waals surface area contributed by atoms with Gasteiger partial charge in [-0.25, -0.2) is 9.50 Å². The molecule has 0 atom stereocenters. The van der Waals surface area contributed by atoms with Crippen LogP contribution in [0.2, 0.25) is 0 Å². The first-order chi connectivity index (χ1) is 6.74.